The van der Waals surface area contributed by atoms with Crippen LogP contribution in [0.4, 0.5) is 0 Å². The molecule has 2 aliphatic carbocycles. The highest BCUT2D eigenvalue weighted by molar-refractivity contribution is 5.76. The third kappa shape index (κ3) is 3.51. The first kappa shape index (κ1) is 11.0. The highest BCUT2D eigenvalue weighted by atomic mass is 16.1. The van der Waals surface area contributed by atoms with Gasteiger partial charge in [-0.1, -0.05) is 19.3 Å². The van der Waals surface area contributed by atoms with E-state index in [1.807, 2.05) is 0 Å². The zero-order chi connectivity index (χ0) is 10.7. The lowest BCUT2D eigenvalue weighted by Gasteiger charge is -2.22. The summed E-state index contributed by atoms with van der Waals surface area (Å²) < 4.78 is 0. The second-order valence-corrected chi connectivity index (χ2v) is 5.40. The van der Waals surface area contributed by atoms with Crippen molar-refractivity contribution in [2.75, 3.05) is 0 Å². The van der Waals surface area contributed by atoms with Crippen molar-refractivity contribution in [3.8, 4) is 0 Å². The molecule has 2 saturated carbocycles. The van der Waals surface area contributed by atoms with Gasteiger partial charge >= 0.3 is 0 Å². The van der Waals surface area contributed by atoms with Crippen LogP contribution in [0.5, 0.6) is 0 Å². The lowest BCUT2D eigenvalue weighted by molar-refractivity contribution is -0.123. The van der Waals surface area contributed by atoms with Crippen molar-refractivity contribution in [3.05, 3.63) is 0 Å². The molecule has 2 fully saturated rings. The van der Waals surface area contributed by atoms with E-state index in [4.69, 9.17) is 0 Å². The zero-order valence-electron chi connectivity index (χ0n) is 9.80. The molecule has 0 aromatic rings. The van der Waals surface area contributed by atoms with Crippen LogP contribution < -0.4 is 5.32 Å². The molecule has 0 saturated heterocycles. The second-order valence-electron chi connectivity index (χ2n) is 5.40. The Bertz CT molecular complexity index is 217. The molecule has 0 bridgehead atoms. The van der Waals surface area contributed by atoms with Crippen LogP contribution in [-0.4, -0.2) is 11.9 Å². The molecule has 1 unspecified atom stereocenters. The predicted octanol–water partition coefficient (Wildman–Crippen LogP) is 2.87. The maximum absolute atomic E-state index is 11.7. The molecule has 2 rings (SSSR count). The van der Waals surface area contributed by atoms with Crippen molar-refractivity contribution in [2.45, 2.75) is 64.3 Å². The first-order valence-corrected chi connectivity index (χ1v) is 6.55. The van der Waals surface area contributed by atoms with Gasteiger partial charge in [-0.25, -0.2) is 0 Å². The molecule has 0 heterocycles. The molecule has 2 heteroatoms. The Morgan fingerprint density at radius 1 is 1.20 bits per heavy atom. The summed E-state index contributed by atoms with van der Waals surface area (Å²) in [5.41, 5.74) is 0. The molecule has 15 heavy (non-hydrogen) atoms. The number of hydrogen-bond donors (Lipinski definition) is 1. The van der Waals surface area contributed by atoms with Crippen molar-refractivity contribution in [3.63, 3.8) is 0 Å². The van der Waals surface area contributed by atoms with Gasteiger partial charge in [-0.3, -0.25) is 4.79 Å². The molecule has 1 atom stereocenters. The lowest BCUT2D eigenvalue weighted by Crippen LogP contribution is -2.35. The zero-order valence-corrected chi connectivity index (χ0v) is 9.80. The summed E-state index contributed by atoms with van der Waals surface area (Å²) in [5, 5.41) is 3.15. The van der Waals surface area contributed by atoms with Gasteiger partial charge in [-0.15, -0.1) is 0 Å². The summed E-state index contributed by atoms with van der Waals surface area (Å²) in [6.07, 6.45) is 9.96. The van der Waals surface area contributed by atoms with Crippen LogP contribution in [0.3, 0.4) is 0 Å². The minimum atomic E-state index is 0.293. The topological polar surface area (TPSA) is 29.1 Å². The summed E-state index contributed by atoms with van der Waals surface area (Å²) in [5.74, 6) is 1.74. The number of carbonyl (C=O) groups is 1. The second kappa shape index (κ2) is 5.00. The average molecular weight is 209 g/mol. The fraction of sp³-hybridized carbons (Fsp3) is 0.923. The van der Waals surface area contributed by atoms with E-state index in [0.29, 0.717) is 17.9 Å². The minimum absolute atomic E-state index is 0.293. The number of carbonyl (C=O) groups excluding carboxylic acids is 1. The molecule has 0 aliphatic heterocycles. The van der Waals surface area contributed by atoms with E-state index in [9.17, 15) is 4.79 Å². The van der Waals surface area contributed by atoms with Crippen molar-refractivity contribution in [1.82, 2.24) is 5.32 Å². The normalized spacial score (nSPS) is 24.9. The van der Waals surface area contributed by atoms with Crippen molar-refractivity contribution in [2.24, 2.45) is 11.8 Å². The monoisotopic (exact) mass is 209 g/mol. The molecule has 0 radical (unpaired) electrons. The molecule has 2 nitrogen and oxygen atoms in total. The summed E-state index contributed by atoms with van der Waals surface area (Å²) in [6, 6.07) is 0.418. The van der Waals surface area contributed by atoms with E-state index in [1.165, 1.54) is 44.9 Å². The van der Waals surface area contributed by atoms with Gasteiger partial charge < -0.3 is 5.32 Å². The van der Waals surface area contributed by atoms with Gasteiger partial charge in [0.15, 0.2) is 0 Å². The van der Waals surface area contributed by atoms with E-state index in [-0.39, 0.29) is 0 Å². The molecule has 2 aliphatic rings. The predicted molar refractivity (Wildman–Crippen MR) is 61.5 cm³/mol. The van der Waals surface area contributed by atoms with Crippen LogP contribution in [0.15, 0.2) is 0 Å². The largest absolute Gasteiger partial charge is 0.353 e. The molecule has 0 aromatic heterocycles. The SMILES string of the molecule is CC(NC(=O)CC1CCCCC1)C1CC1. The van der Waals surface area contributed by atoms with E-state index < -0.39 is 0 Å². The Hall–Kier alpha value is -0.530. The van der Waals surface area contributed by atoms with E-state index in [1.54, 1.807) is 0 Å². The molecule has 86 valence electrons. The molecule has 1 N–H and O–H groups in total. The Morgan fingerprint density at radius 3 is 2.47 bits per heavy atom. The summed E-state index contributed by atoms with van der Waals surface area (Å²) >= 11 is 0. The van der Waals surface area contributed by atoms with Gasteiger partial charge in [0, 0.05) is 12.5 Å². The van der Waals surface area contributed by atoms with Crippen molar-refractivity contribution < 1.29 is 4.79 Å². The number of hydrogen-bond acceptors (Lipinski definition) is 1. The number of rotatable bonds is 4. The Labute approximate surface area is 92.8 Å². The van der Waals surface area contributed by atoms with Crippen LogP contribution >= 0.6 is 0 Å². The number of nitrogens with one attached hydrogen (secondary N) is 1. The van der Waals surface area contributed by atoms with Gasteiger partial charge in [0.25, 0.3) is 0 Å². The summed E-state index contributed by atoms with van der Waals surface area (Å²) in [6.45, 7) is 2.15. The highest BCUT2D eigenvalue weighted by Crippen LogP contribution is 2.32. The standard InChI is InChI=1S/C13H23NO/c1-10(12-7-8-12)14-13(15)9-11-5-3-2-4-6-11/h10-12H,2-9H2,1H3,(H,14,15). The summed E-state index contributed by atoms with van der Waals surface area (Å²) in [7, 11) is 0. The Balaban J connectivity index is 1.66. The molecule has 0 spiro atoms. The smallest absolute Gasteiger partial charge is 0.220 e. The van der Waals surface area contributed by atoms with Gasteiger partial charge in [-0.05, 0) is 44.4 Å². The van der Waals surface area contributed by atoms with Gasteiger partial charge in [-0.2, -0.15) is 0 Å². The summed E-state index contributed by atoms with van der Waals surface area (Å²) in [4.78, 5) is 11.7. The third-order valence-electron chi connectivity index (χ3n) is 3.92. The molecular formula is C13H23NO. The first-order valence-electron chi connectivity index (χ1n) is 6.55. The van der Waals surface area contributed by atoms with Crippen molar-refractivity contribution >= 4 is 5.91 Å². The number of amides is 1. The van der Waals surface area contributed by atoms with E-state index >= 15 is 0 Å². The van der Waals surface area contributed by atoms with Gasteiger partial charge in [0.05, 0.1) is 0 Å². The first-order chi connectivity index (χ1) is 7.25. The Morgan fingerprint density at radius 2 is 1.87 bits per heavy atom. The lowest BCUT2D eigenvalue weighted by atomic mass is 9.87. The highest BCUT2D eigenvalue weighted by Gasteiger charge is 2.29. The third-order valence-corrected chi connectivity index (χ3v) is 3.92. The van der Waals surface area contributed by atoms with Crippen LogP contribution in [0.25, 0.3) is 0 Å². The van der Waals surface area contributed by atoms with Gasteiger partial charge in [0.2, 0.25) is 5.91 Å². The Kier molecular flexibility index (Phi) is 3.66. The molecule has 0 aromatic carbocycles. The fourth-order valence-corrected chi connectivity index (χ4v) is 2.68. The van der Waals surface area contributed by atoms with E-state index in [0.717, 1.165) is 12.3 Å². The quantitative estimate of drug-likeness (QED) is 0.758. The van der Waals surface area contributed by atoms with Crippen molar-refractivity contribution in [1.29, 1.82) is 0 Å². The fourth-order valence-electron chi connectivity index (χ4n) is 2.68. The maximum Gasteiger partial charge on any atom is 0.220 e. The van der Waals surface area contributed by atoms with E-state index in [2.05, 4.69) is 12.2 Å². The van der Waals surface area contributed by atoms with Crippen LogP contribution in [0, 0.1) is 11.8 Å². The van der Waals surface area contributed by atoms with Crippen LogP contribution in [0.2, 0.25) is 0 Å². The van der Waals surface area contributed by atoms with Gasteiger partial charge in [0.1, 0.15) is 0 Å². The average Bonchev–Trinajstić information content (AvgIpc) is 3.01. The van der Waals surface area contributed by atoms with Crippen LogP contribution in [-0.2, 0) is 4.79 Å². The minimum Gasteiger partial charge on any atom is -0.353 e. The molecular weight excluding hydrogens is 186 g/mol. The van der Waals surface area contributed by atoms with Crippen LogP contribution in [0.1, 0.15) is 58.3 Å². The maximum atomic E-state index is 11.7. The molecule has 1 amide bonds.